The molecule has 0 aliphatic rings. The second-order valence-electron chi connectivity index (χ2n) is 10.2. The lowest BCUT2D eigenvalue weighted by Crippen LogP contribution is -2.21. The molecule has 2 amide bonds. The van der Waals surface area contributed by atoms with Crippen molar-refractivity contribution in [3.05, 3.63) is 90.4 Å². The van der Waals surface area contributed by atoms with E-state index in [4.69, 9.17) is 9.84 Å². The molecule has 3 heterocycles. The van der Waals surface area contributed by atoms with Crippen molar-refractivity contribution in [2.24, 2.45) is 0 Å². The topological polar surface area (TPSA) is 106 Å². The maximum absolute atomic E-state index is 13.1. The minimum absolute atomic E-state index is 0.194. The SMILES string of the molecule is Cc1cc(NC(=O)Nc2cc(C(C)C)nn2-c2ccc3ncccc3c2)ccc1Oc1ccnc(NC(C)C)c1. The molecule has 0 atom stereocenters. The number of aryl methyl sites for hydroxylation is 1. The molecule has 0 aliphatic carbocycles. The highest BCUT2D eigenvalue weighted by Crippen LogP contribution is 2.29. The van der Waals surface area contributed by atoms with E-state index in [1.54, 1.807) is 17.1 Å². The summed E-state index contributed by atoms with van der Waals surface area (Å²) in [6.07, 6.45) is 3.48. The van der Waals surface area contributed by atoms with Crippen molar-refractivity contribution < 1.29 is 9.53 Å². The van der Waals surface area contributed by atoms with Crippen molar-refractivity contribution >= 4 is 34.3 Å². The van der Waals surface area contributed by atoms with Crippen molar-refractivity contribution in [1.82, 2.24) is 19.7 Å². The maximum Gasteiger partial charge on any atom is 0.324 e. The highest BCUT2D eigenvalue weighted by atomic mass is 16.5. The summed E-state index contributed by atoms with van der Waals surface area (Å²) in [4.78, 5) is 21.8. The van der Waals surface area contributed by atoms with E-state index in [2.05, 4.69) is 53.6 Å². The molecule has 9 nitrogen and oxygen atoms in total. The van der Waals surface area contributed by atoms with Gasteiger partial charge in [0, 0.05) is 41.6 Å². The van der Waals surface area contributed by atoms with Gasteiger partial charge in [-0.15, -0.1) is 0 Å². The van der Waals surface area contributed by atoms with E-state index in [9.17, 15) is 4.79 Å². The van der Waals surface area contributed by atoms with Crippen LogP contribution < -0.4 is 20.7 Å². The fourth-order valence-electron chi connectivity index (χ4n) is 4.26. The number of nitrogens with zero attached hydrogens (tertiary/aromatic N) is 4. The Kier molecular flexibility index (Phi) is 7.63. The van der Waals surface area contributed by atoms with Crippen LogP contribution in [0.15, 0.2) is 79.1 Å². The molecule has 3 aromatic heterocycles. The van der Waals surface area contributed by atoms with Crippen LogP contribution in [0.25, 0.3) is 16.6 Å². The number of nitrogens with one attached hydrogen (secondary N) is 3. The van der Waals surface area contributed by atoms with Gasteiger partial charge < -0.3 is 15.4 Å². The Morgan fingerprint density at radius 1 is 0.900 bits per heavy atom. The Morgan fingerprint density at radius 3 is 2.52 bits per heavy atom. The van der Waals surface area contributed by atoms with Crippen molar-refractivity contribution in [2.45, 2.75) is 46.6 Å². The van der Waals surface area contributed by atoms with Gasteiger partial charge in [0.2, 0.25) is 0 Å². The van der Waals surface area contributed by atoms with Crippen LogP contribution in [-0.2, 0) is 0 Å². The first-order valence-electron chi connectivity index (χ1n) is 13.3. The normalized spacial score (nSPS) is 11.2. The molecule has 0 bridgehead atoms. The Morgan fingerprint density at radius 2 is 1.75 bits per heavy atom. The number of fused-ring (bicyclic) bond motifs is 1. The average Bonchev–Trinajstić information content (AvgIpc) is 3.34. The fourth-order valence-corrected chi connectivity index (χ4v) is 4.26. The molecule has 2 aromatic carbocycles. The summed E-state index contributed by atoms with van der Waals surface area (Å²) in [5, 5.41) is 14.9. The number of pyridine rings is 2. The molecule has 0 saturated heterocycles. The van der Waals surface area contributed by atoms with E-state index >= 15 is 0 Å². The lowest BCUT2D eigenvalue weighted by Gasteiger charge is -2.14. The lowest BCUT2D eigenvalue weighted by molar-refractivity contribution is 0.262. The number of hydrogen-bond acceptors (Lipinski definition) is 6. The van der Waals surface area contributed by atoms with Gasteiger partial charge in [-0.3, -0.25) is 10.3 Å². The monoisotopic (exact) mass is 535 g/mol. The number of amides is 2. The van der Waals surface area contributed by atoms with Crippen molar-refractivity contribution in [1.29, 1.82) is 0 Å². The van der Waals surface area contributed by atoms with E-state index in [1.807, 2.05) is 73.7 Å². The van der Waals surface area contributed by atoms with Gasteiger partial charge in [-0.2, -0.15) is 5.10 Å². The maximum atomic E-state index is 13.1. The van der Waals surface area contributed by atoms with Gasteiger partial charge in [0.15, 0.2) is 0 Å². The average molecular weight is 536 g/mol. The van der Waals surface area contributed by atoms with Gasteiger partial charge >= 0.3 is 6.03 Å². The van der Waals surface area contributed by atoms with Crippen LogP contribution >= 0.6 is 0 Å². The van der Waals surface area contributed by atoms with Crippen LogP contribution in [0.5, 0.6) is 11.5 Å². The highest BCUT2D eigenvalue weighted by molar-refractivity contribution is 5.99. The Balaban J connectivity index is 1.31. The summed E-state index contributed by atoms with van der Waals surface area (Å²) in [5.74, 6) is 2.89. The zero-order chi connectivity index (χ0) is 28.2. The Labute approximate surface area is 233 Å². The van der Waals surface area contributed by atoms with Crippen LogP contribution in [-0.4, -0.2) is 31.8 Å². The van der Waals surface area contributed by atoms with Crippen LogP contribution in [0.4, 0.5) is 22.1 Å². The summed E-state index contributed by atoms with van der Waals surface area (Å²) >= 11 is 0. The van der Waals surface area contributed by atoms with E-state index < -0.39 is 0 Å². The molecule has 0 fully saturated rings. The third-order valence-corrected chi connectivity index (χ3v) is 6.22. The zero-order valence-electron chi connectivity index (χ0n) is 23.3. The van der Waals surface area contributed by atoms with Gasteiger partial charge in [-0.25, -0.2) is 14.5 Å². The predicted octanol–water partition coefficient (Wildman–Crippen LogP) is 7.50. The molecule has 0 saturated carbocycles. The summed E-state index contributed by atoms with van der Waals surface area (Å²) in [6.45, 7) is 10.2. The van der Waals surface area contributed by atoms with E-state index in [0.29, 0.717) is 23.0 Å². The molecule has 0 radical (unpaired) electrons. The number of anilines is 3. The van der Waals surface area contributed by atoms with E-state index in [0.717, 1.165) is 33.7 Å². The summed E-state index contributed by atoms with van der Waals surface area (Å²) < 4.78 is 7.83. The Hall–Kier alpha value is -4.92. The predicted molar refractivity (Wildman–Crippen MR) is 160 cm³/mol. The number of carbonyl (C=O) groups excluding carboxylic acids is 1. The molecule has 0 unspecified atom stereocenters. The van der Waals surface area contributed by atoms with Crippen LogP contribution in [0.1, 0.15) is 44.9 Å². The van der Waals surface area contributed by atoms with Crippen molar-refractivity contribution in [2.75, 3.05) is 16.0 Å². The first-order chi connectivity index (χ1) is 19.2. The van der Waals surface area contributed by atoms with Crippen molar-refractivity contribution in [3.63, 3.8) is 0 Å². The molecular weight excluding hydrogens is 502 g/mol. The minimum atomic E-state index is -0.370. The van der Waals surface area contributed by atoms with Crippen LogP contribution in [0.3, 0.4) is 0 Å². The lowest BCUT2D eigenvalue weighted by atomic mass is 10.1. The fraction of sp³-hybridized carbons (Fsp3) is 0.226. The van der Waals surface area contributed by atoms with Gasteiger partial charge in [0.25, 0.3) is 0 Å². The number of urea groups is 1. The molecule has 5 rings (SSSR count). The minimum Gasteiger partial charge on any atom is -0.457 e. The molecule has 3 N–H and O–H groups in total. The summed E-state index contributed by atoms with van der Waals surface area (Å²) in [5.41, 5.74) is 4.13. The summed E-state index contributed by atoms with van der Waals surface area (Å²) in [7, 11) is 0. The highest BCUT2D eigenvalue weighted by Gasteiger charge is 2.16. The molecule has 0 aliphatic heterocycles. The van der Waals surface area contributed by atoms with Gasteiger partial charge in [0.1, 0.15) is 23.1 Å². The van der Waals surface area contributed by atoms with E-state index in [1.165, 1.54) is 0 Å². The number of hydrogen-bond donors (Lipinski definition) is 3. The quantitative estimate of drug-likeness (QED) is 0.190. The van der Waals surface area contributed by atoms with Crippen LogP contribution in [0.2, 0.25) is 0 Å². The second kappa shape index (κ2) is 11.4. The first-order valence-corrected chi connectivity index (χ1v) is 13.3. The number of carbonyl (C=O) groups is 1. The largest absolute Gasteiger partial charge is 0.457 e. The van der Waals surface area contributed by atoms with Crippen molar-refractivity contribution in [3.8, 4) is 17.2 Å². The molecule has 9 heteroatoms. The van der Waals surface area contributed by atoms with E-state index in [-0.39, 0.29) is 18.0 Å². The molecule has 40 heavy (non-hydrogen) atoms. The molecule has 0 spiro atoms. The number of rotatable bonds is 8. The van der Waals surface area contributed by atoms with Crippen LogP contribution in [0, 0.1) is 6.92 Å². The first kappa shape index (κ1) is 26.7. The second-order valence-corrected chi connectivity index (χ2v) is 10.2. The third-order valence-electron chi connectivity index (χ3n) is 6.22. The zero-order valence-corrected chi connectivity index (χ0v) is 23.3. The van der Waals surface area contributed by atoms with Gasteiger partial charge in [-0.1, -0.05) is 19.9 Å². The smallest absolute Gasteiger partial charge is 0.324 e. The Bertz CT molecular complexity index is 1660. The number of ether oxygens (including phenoxy) is 1. The number of aromatic nitrogens is 4. The number of benzene rings is 2. The van der Waals surface area contributed by atoms with Gasteiger partial charge in [0.05, 0.1) is 16.9 Å². The van der Waals surface area contributed by atoms with Gasteiger partial charge in [-0.05, 0) is 80.8 Å². The molecule has 204 valence electrons. The third kappa shape index (κ3) is 6.20. The molecular formula is C31H33N7O2. The molecule has 5 aromatic rings. The summed E-state index contributed by atoms with van der Waals surface area (Å²) in [6, 6.07) is 20.8. The standard InChI is InChI=1S/C31H33N7O2/c1-19(2)27-18-30(38(37-27)24-9-10-26-22(16-24)7-6-13-32-26)36-31(39)35-23-8-11-28(21(5)15-23)40-25-12-14-33-29(17-25)34-20(3)4/h6-20H,1-5H3,(H,33,34)(H2,35,36,39).